The van der Waals surface area contributed by atoms with E-state index in [1.54, 1.807) is 19.2 Å². The van der Waals surface area contributed by atoms with Crippen LogP contribution in [-0.2, 0) is 0 Å². The molecule has 2 aromatic rings. The maximum absolute atomic E-state index is 11.3. The molecule has 7 nitrogen and oxygen atoms in total. The standard InChI is InChI=1S/C11H10N4O3/c1-7-4-5-14(13-7)10-3-2-8(15(17)18)6-9(10)11(12)16/h2-6H,1H3,(H2,12,16). The number of nitrogens with two attached hydrogens (primary N) is 1. The number of hydrogen-bond acceptors (Lipinski definition) is 4. The SMILES string of the molecule is Cc1ccn(-c2ccc([N+](=O)[O-])cc2C(N)=O)n1. The number of aromatic nitrogens is 2. The van der Waals surface area contributed by atoms with Crippen molar-refractivity contribution in [1.82, 2.24) is 9.78 Å². The molecule has 2 N–H and O–H groups in total. The van der Waals surface area contributed by atoms with Crippen molar-refractivity contribution >= 4 is 11.6 Å². The first kappa shape index (κ1) is 11.8. The molecule has 0 aliphatic carbocycles. The highest BCUT2D eigenvalue weighted by molar-refractivity contribution is 5.97. The van der Waals surface area contributed by atoms with E-state index < -0.39 is 10.8 Å². The molecule has 0 saturated heterocycles. The quantitative estimate of drug-likeness (QED) is 0.648. The molecule has 92 valence electrons. The van der Waals surface area contributed by atoms with E-state index in [0.29, 0.717) is 5.69 Å². The van der Waals surface area contributed by atoms with Crippen LogP contribution in [0.5, 0.6) is 0 Å². The first-order valence-corrected chi connectivity index (χ1v) is 5.10. The van der Waals surface area contributed by atoms with Crippen LogP contribution in [0.25, 0.3) is 5.69 Å². The summed E-state index contributed by atoms with van der Waals surface area (Å²) in [5.74, 6) is -0.734. The minimum absolute atomic E-state index is 0.0623. The van der Waals surface area contributed by atoms with Crippen LogP contribution in [0.3, 0.4) is 0 Å². The highest BCUT2D eigenvalue weighted by Gasteiger charge is 2.16. The van der Waals surface area contributed by atoms with Gasteiger partial charge in [-0.15, -0.1) is 0 Å². The largest absolute Gasteiger partial charge is 0.366 e. The molecule has 2 rings (SSSR count). The summed E-state index contributed by atoms with van der Waals surface area (Å²) in [5, 5.41) is 14.8. The fraction of sp³-hybridized carbons (Fsp3) is 0.0909. The van der Waals surface area contributed by atoms with Gasteiger partial charge in [0.15, 0.2) is 0 Å². The first-order valence-electron chi connectivity index (χ1n) is 5.10. The van der Waals surface area contributed by atoms with Crippen molar-refractivity contribution in [2.75, 3.05) is 0 Å². The fourth-order valence-electron chi connectivity index (χ4n) is 1.58. The Morgan fingerprint density at radius 3 is 2.67 bits per heavy atom. The number of hydrogen-bond donors (Lipinski definition) is 1. The lowest BCUT2D eigenvalue weighted by molar-refractivity contribution is -0.384. The lowest BCUT2D eigenvalue weighted by Gasteiger charge is -2.06. The van der Waals surface area contributed by atoms with Gasteiger partial charge in [-0.3, -0.25) is 14.9 Å². The Balaban J connectivity index is 2.60. The molecule has 0 atom stereocenters. The smallest absolute Gasteiger partial charge is 0.270 e. The predicted octanol–water partition coefficient (Wildman–Crippen LogP) is 1.19. The summed E-state index contributed by atoms with van der Waals surface area (Å²) < 4.78 is 1.46. The molecule has 7 heteroatoms. The molecule has 0 spiro atoms. The molecule has 1 amide bonds. The zero-order valence-electron chi connectivity index (χ0n) is 9.53. The molecule has 0 fully saturated rings. The van der Waals surface area contributed by atoms with Crippen molar-refractivity contribution < 1.29 is 9.72 Å². The van der Waals surface area contributed by atoms with E-state index in [9.17, 15) is 14.9 Å². The van der Waals surface area contributed by atoms with Gasteiger partial charge in [-0.1, -0.05) is 0 Å². The Morgan fingerprint density at radius 2 is 2.17 bits per heavy atom. The molecule has 0 aliphatic heterocycles. The number of nitrogens with zero attached hydrogens (tertiary/aromatic N) is 3. The maximum Gasteiger partial charge on any atom is 0.270 e. The number of benzene rings is 1. The summed E-state index contributed by atoms with van der Waals surface area (Å²) in [7, 11) is 0. The van der Waals surface area contributed by atoms with Gasteiger partial charge in [0.05, 0.1) is 21.9 Å². The van der Waals surface area contributed by atoms with Gasteiger partial charge in [0.25, 0.3) is 11.6 Å². The minimum Gasteiger partial charge on any atom is -0.366 e. The fourth-order valence-corrected chi connectivity index (χ4v) is 1.58. The molecule has 1 heterocycles. The van der Waals surface area contributed by atoms with Gasteiger partial charge in [-0.05, 0) is 19.1 Å². The van der Waals surface area contributed by atoms with Crippen molar-refractivity contribution in [3.63, 3.8) is 0 Å². The Kier molecular flexibility index (Phi) is 2.80. The van der Waals surface area contributed by atoms with Gasteiger partial charge >= 0.3 is 0 Å². The topological polar surface area (TPSA) is 104 Å². The Hall–Kier alpha value is -2.70. The van der Waals surface area contributed by atoms with E-state index in [4.69, 9.17) is 5.73 Å². The number of rotatable bonds is 3. The number of carbonyl (C=O) groups excluding carboxylic acids is 1. The lowest BCUT2D eigenvalue weighted by Crippen LogP contribution is -2.15. The number of aryl methyl sites for hydroxylation is 1. The third-order valence-electron chi connectivity index (χ3n) is 2.43. The van der Waals surface area contributed by atoms with Crippen LogP contribution < -0.4 is 5.73 Å². The van der Waals surface area contributed by atoms with Crippen LogP contribution in [0.2, 0.25) is 0 Å². The summed E-state index contributed by atoms with van der Waals surface area (Å²) in [6, 6.07) is 5.66. The average molecular weight is 246 g/mol. The van der Waals surface area contributed by atoms with E-state index in [2.05, 4.69) is 5.10 Å². The van der Waals surface area contributed by atoms with E-state index in [0.717, 1.165) is 11.8 Å². The van der Waals surface area contributed by atoms with Crippen LogP contribution >= 0.6 is 0 Å². The molecule has 0 unspecified atom stereocenters. The lowest BCUT2D eigenvalue weighted by atomic mass is 10.1. The maximum atomic E-state index is 11.3. The van der Waals surface area contributed by atoms with Crippen molar-refractivity contribution in [3.05, 3.63) is 51.8 Å². The molecule has 1 aromatic heterocycles. The monoisotopic (exact) mass is 246 g/mol. The molecule has 1 aromatic carbocycles. The molecule has 18 heavy (non-hydrogen) atoms. The Labute approximate surface area is 102 Å². The summed E-state index contributed by atoms with van der Waals surface area (Å²) >= 11 is 0. The third-order valence-corrected chi connectivity index (χ3v) is 2.43. The average Bonchev–Trinajstić information content (AvgIpc) is 2.74. The predicted molar refractivity (Wildman–Crippen MR) is 63.5 cm³/mol. The number of carbonyl (C=O) groups is 1. The van der Waals surface area contributed by atoms with E-state index in [-0.39, 0.29) is 11.3 Å². The van der Waals surface area contributed by atoms with Gasteiger partial charge in [-0.2, -0.15) is 5.10 Å². The van der Waals surface area contributed by atoms with Gasteiger partial charge in [0.1, 0.15) is 0 Å². The molecule has 0 aliphatic rings. The third kappa shape index (κ3) is 2.05. The first-order chi connectivity index (χ1) is 8.49. The zero-order chi connectivity index (χ0) is 13.3. The second-order valence-electron chi connectivity index (χ2n) is 3.72. The van der Waals surface area contributed by atoms with Crippen LogP contribution in [0.1, 0.15) is 16.1 Å². The van der Waals surface area contributed by atoms with Crippen LogP contribution in [0.15, 0.2) is 30.5 Å². The normalized spacial score (nSPS) is 10.3. The van der Waals surface area contributed by atoms with Gasteiger partial charge < -0.3 is 5.73 Å². The highest BCUT2D eigenvalue weighted by Crippen LogP contribution is 2.20. The highest BCUT2D eigenvalue weighted by atomic mass is 16.6. The second kappa shape index (κ2) is 4.28. The summed E-state index contributed by atoms with van der Waals surface area (Å²) in [5.41, 5.74) is 6.29. The Bertz CT molecular complexity index is 633. The van der Waals surface area contributed by atoms with E-state index >= 15 is 0 Å². The van der Waals surface area contributed by atoms with Gasteiger partial charge in [0.2, 0.25) is 0 Å². The van der Waals surface area contributed by atoms with Crippen molar-refractivity contribution in [3.8, 4) is 5.69 Å². The van der Waals surface area contributed by atoms with Gasteiger partial charge in [-0.25, -0.2) is 4.68 Å². The number of primary amides is 1. The van der Waals surface area contributed by atoms with E-state index in [1.807, 2.05) is 0 Å². The summed E-state index contributed by atoms with van der Waals surface area (Å²) in [6.45, 7) is 1.80. The van der Waals surface area contributed by atoms with Crippen LogP contribution in [0, 0.1) is 17.0 Å². The Morgan fingerprint density at radius 1 is 1.44 bits per heavy atom. The van der Waals surface area contributed by atoms with Gasteiger partial charge in [0, 0.05) is 18.3 Å². The van der Waals surface area contributed by atoms with Crippen molar-refractivity contribution in [1.29, 1.82) is 0 Å². The number of amides is 1. The molecule has 0 saturated carbocycles. The van der Waals surface area contributed by atoms with Crippen molar-refractivity contribution in [2.45, 2.75) is 6.92 Å². The summed E-state index contributed by atoms with van der Waals surface area (Å²) in [6.07, 6.45) is 1.66. The molecule has 0 bridgehead atoms. The van der Waals surface area contributed by atoms with E-state index in [1.165, 1.54) is 16.8 Å². The van der Waals surface area contributed by atoms with Crippen molar-refractivity contribution in [2.24, 2.45) is 5.73 Å². The zero-order valence-corrected chi connectivity index (χ0v) is 9.53. The van der Waals surface area contributed by atoms with Crippen LogP contribution in [-0.4, -0.2) is 20.6 Å². The second-order valence-corrected chi connectivity index (χ2v) is 3.72. The number of nitro groups is 1. The molecular formula is C11H10N4O3. The number of nitro benzene ring substituents is 1. The number of non-ortho nitro benzene ring substituents is 1. The molecule has 0 radical (unpaired) electrons. The minimum atomic E-state index is -0.734. The molecular weight excluding hydrogens is 236 g/mol. The van der Waals surface area contributed by atoms with Crippen LogP contribution in [0.4, 0.5) is 5.69 Å². The summed E-state index contributed by atoms with van der Waals surface area (Å²) in [4.78, 5) is 21.4.